The Labute approximate surface area is 112 Å². The molecule has 0 aromatic carbocycles. The summed E-state index contributed by atoms with van der Waals surface area (Å²) in [4.78, 5) is 12.8. The van der Waals surface area contributed by atoms with Crippen molar-refractivity contribution in [3.63, 3.8) is 0 Å². The van der Waals surface area contributed by atoms with Gasteiger partial charge in [0.25, 0.3) is 0 Å². The fraction of sp³-hybridized carbons (Fsp3) is 0.182. The van der Waals surface area contributed by atoms with E-state index in [0.717, 1.165) is 21.1 Å². The first kappa shape index (κ1) is 12.3. The Morgan fingerprint density at radius 1 is 1.29 bits per heavy atom. The molecule has 0 aliphatic carbocycles. The lowest BCUT2D eigenvalue weighted by atomic mass is 10.5. The zero-order chi connectivity index (χ0) is 12.1. The van der Waals surface area contributed by atoms with Gasteiger partial charge in [-0.05, 0) is 52.8 Å². The molecule has 0 radical (unpaired) electrons. The van der Waals surface area contributed by atoms with Crippen LogP contribution in [0.25, 0.3) is 0 Å². The van der Waals surface area contributed by atoms with Gasteiger partial charge in [0.1, 0.15) is 10.1 Å². The first-order valence-electron chi connectivity index (χ1n) is 5.15. The highest BCUT2D eigenvalue weighted by atomic mass is 79.9. The van der Waals surface area contributed by atoms with Gasteiger partial charge in [-0.1, -0.05) is 0 Å². The van der Waals surface area contributed by atoms with E-state index in [4.69, 9.17) is 0 Å². The van der Waals surface area contributed by atoms with E-state index in [2.05, 4.69) is 36.2 Å². The summed E-state index contributed by atoms with van der Waals surface area (Å²) in [7, 11) is 0. The highest BCUT2D eigenvalue weighted by molar-refractivity contribution is 9.10. The molecule has 0 atom stereocenters. The van der Waals surface area contributed by atoms with Crippen LogP contribution in [0.5, 0.6) is 0 Å². The maximum atomic E-state index is 4.38. The minimum atomic E-state index is 0.643. The van der Waals surface area contributed by atoms with Gasteiger partial charge in [-0.15, -0.1) is 0 Å². The van der Waals surface area contributed by atoms with E-state index in [1.54, 1.807) is 12.4 Å². The summed E-state index contributed by atoms with van der Waals surface area (Å²) in [5.74, 6) is 0.643. The predicted molar refractivity (Wildman–Crippen MR) is 72.3 cm³/mol. The second-order valence-electron chi connectivity index (χ2n) is 3.14. The zero-order valence-electron chi connectivity index (χ0n) is 9.22. The van der Waals surface area contributed by atoms with Crippen LogP contribution in [-0.4, -0.2) is 21.5 Å². The fourth-order valence-electron chi connectivity index (χ4n) is 1.19. The van der Waals surface area contributed by atoms with Crippen molar-refractivity contribution in [3.05, 3.63) is 35.1 Å². The van der Waals surface area contributed by atoms with Gasteiger partial charge in [0.2, 0.25) is 5.95 Å². The number of nitrogens with one attached hydrogen (secondary N) is 1. The van der Waals surface area contributed by atoms with Gasteiger partial charge in [-0.3, -0.25) is 0 Å². The molecule has 88 valence electrons. The molecule has 2 aromatic rings. The SMILES string of the molecule is CCNc1nccc(Sc2ncccc2Br)n1. The lowest BCUT2D eigenvalue weighted by Crippen LogP contribution is -2.01. The van der Waals surface area contributed by atoms with E-state index in [9.17, 15) is 0 Å². The molecule has 0 amide bonds. The van der Waals surface area contributed by atoms with Gasteiger partial charge < -0.3 is 5.32 Å². The normalized spacial score (nSPS) is 10.2. The number of pyridine rings is 1. The van der Waals surface area contributed by atoms with Gasteiger partial charge in [0.15, 0.2) is 0 Å². The average molecular weight is 311 g/mol. The molecule has 0 unspecified atom stereocenters. The van der Waals surface area contributed by atoms with Crippen LogP contribution >= 0.6 is 27.7 Å². The van der Waals surface area contributed by atoms with Gasteiger partial charge in [-0.2, -0.15) is 0 Å². The number of aromatic nitrogens is 3. The number of hydrogen-bond donors (Lipinski definition) is 1. The van der Waals surface area contributed by atoms with Crippen molar-refractivity contribution in [2.45, 2.75) is 17.0 Å². The van der Waals surface area contributed by atoms with Crippen molar-refractivity contribution in [2.75, 3.05) is 11.9 Å². The molecule has 0 aliphatic rings. The van der Waals surface area contributed by atoms with Crippen molar-refractivity contribution in [2.24, 2.45) is 0 Å². The number of rotatable bonds is 4. The van der Waals surface area contributed by atoms with Crippen LogP contribution < -0.4 is 5.32 Å². The Bertz CT molecular complexity index is 506. The van der Waals surface area contributed by atoms with E-state index >= 15 is 0 Å². The van der Waals surface area contributed by atoms with E-state index in [-0.39, 0.29) is 0 Å². The van der Waals surface area contributed by atoms with Gasteiger partial charge in [0.05, 0.1) is 4.47 Å². The monoisotopic (exact) mass is 310 g/mol. The van der Waals surface area contributed by atoms with Crippen molar-refractivity contribution in [1.29, 1.82) is 0 Å². The van der Waals surface area contributed by atoms with Crippen molar-refractivity contribution in [3.8, 4) is 0 Å². The highest BCUT2D eigenvalue weighted by Gasteiger charge is 2.05. The van der Waals surface area contributed by atoms with E-state index in [1.165, 1.54) is 11.8 Å². The fourth-order valence-corrected chi connectivity index (χ4v) is 2.42. The average Bonchev–Trinajstić information content (AvgIpc) is 2.33. The number of halogens is 1. The molecule has 2 aromatic heterocycles. The molecule has 0 spiro atoms. The standard InChI is InChI=1S/C11H11BrN4S/c1-2-13-11-15-7-5-9(16-11)17-10-8(12)4-3-6-14-10/h3-7H,2H2,1H3,(H,13,15,16). The van der Waals surface area contributed by atoms with Crippen LogP contribution in [0.3, 0.4) is 0 Å². The minimum absolute atomic E-state index is 0.643. The van der Waals surface area contributed by atoms with Crippen LogP contribution in [0.2, 0.25) is 0 Å². The summed E-state index contributed by atoms with van der Waals surface area (Å²) in [5.41, 5.74) is 0. The van der Waals surface area contributed by atoms with E-state index in [0.29, 0.717) is 5.95 Å². The predicted octanol–water partition coefficient (Wildman–Crippen LogP) is 3.22. The smallest absolute Gasteiger partial charge is 0.223 e. The second kappa shape index (κ2) is 5.97. The molecular formula is C11H11BrN4S. The van der Waals surface area contributed by atoms with E-state index < -0.39 is 0 Å². The molecule has 1 N–H and O–H groups in total. The molecule has 2 heterocycles. The van der Waals surface area contributed by atoms with Crippen LogP contribution in [0.4, 0.5) is 5.95 Å². The molecule has 0 saturated heterocycles. The Hall–Kier alpha value is -1.14. The van der Waals surface area contributed by atoms with Crippen molar-refractivity contribution < 1.29 is 0 Å². The summed E-state index contributed by atoms with van der Waals surface area (Å²) in [6.45, 7) is 2.82. The summed E-state index contributed by atoms with van der Waals surface area (Å²) < 4.78 is 0.966. The highest BCUT2D eigenvalue weighted by Crippen LogP contribution is 2.30. The third-order valence-corrected chi connectivity index (χ3v) is 3.75. The summed E-state index contributed by atoms with van der Waals surface area (Å²) >= 11 is 4.97. The molecular weight excluding hydrogens is 300 g/mol. The quantitative estimate of drug-likeness (QED) is 0.879. The van der Waals surface area contributed by atoms with Crippen molar-refractivity contribution in [1.82, 2.24) is 15.0 Å². The molecule has 17 heavy (non-hydrogen) atoms. The van der Waals surface area contributed by atoms with Crippen molar-refractivity contribution >= 4 is 33.6 Å². The number of anilines is 1. The zero-order valence-corrected chi connectivity index (χ0v) is 11.6. The first-order valence-corrected chi connectivity index (χ1v) is 6.76. The largest absolute Gasteiger partial charge is 0.354 e. The third-order valence-electron chi connectivity index (χ3n) is 1.89. The Kier molecular flexibility index (Phi) is 4.33. The van der Waals surface area contributed by atoms with Crippen LogP contribution in [0, 0.1) is 0 Å². The van der Waals surface area contributed by atoms with Crippen LogP contribution in [0.15, 0.2) is 45.1 Å². The first-order chi connectivity index (χ1) is 8.29. The molecule has 0 aliphatic heterocycles. The maximum Gasteiger partial charge on any atom is 0.223 e. The Morgan fingerprint density at radius 2 is 2.18 bits per heavy atom. The molecule has 0 fully saturated rings. The lowest BCUT2D eigenvalue weighted by molar-refractivity contribution is 1.01. The maximum absolute atomic E-state index is 4.38. The van der Waals surface area contributed by atoms with Crippen LogP contribution in [0.1, 0.15) is 6.92 Å². The van der Waals surface area contributed by atoms with Gasteiger partial charge in [-0.25, -0.2) is 15.0 Å². The lowest BCUT2D eigenvalue weighted by Gasteiger charge is -2.04. The number of hydrogen-bond acceptors (Lipinski definition) is 5. The Balaban J connectivity index is 2.18. The van der Waals surface area contributed by atoms with Gasteiger partial charge >= 0.3 is 0 Å². The molecule has 0 saturated carbocycles. The Morgan fingerprint density at radius 3 is 2.94 bits per heavy atom. The minimum Gasteiger partial charge on any atom is -0.354 e. The third kappa shape index (κ3) is 3.41. The van der Waals surface area contributed by atoms with E-state index in [1.807, 2.05) is 25.1 Å². The molecule has 0 bridgehead atoms. The summed E-state index contributed by atoms with van der Waals surface area (Å²) in [5, 5.41) is 4.85. The summed E-state index contributed by atoms with van der Waals surface area (Å²) in [6, 6.07) is 5.71. The second-order valence-corrected chi connectivity index (χ2v) is 5.00. The van der Waals surface area contributed by atoms with Gasteiger partial charge in [0, 0.05) is 18.9 Å². The molecule has 2 rings (SSSR count). The number of nitrogens with zero attached hydrogens (tertiary/aromatic N) is 3. The molecule has 4 nitrogen and oxygen atoms in total. The van der Waals surface area contributed by atoms with Crippen LogP contribution in [-0.2, 0) is 0 Å². The molecule has 6 heteroatoms. The topological polar surface area (TPSA) is 50.7 Å². The summed E-state index contributed by atoms with van der Waals surface area (Å²) in [6.07, 6.45) is 3.50.